The van der Waals surface area contributed by atoms with Crippen LogP contribution in [0, 0.1) is 0 Å². The number of hydrogen-bond acceptors (Lipinski definition) is 5. The fourth-order valence-corrected chi connectivity index (χ4v) is 3.43. The smallest absolute Gasteiger partial charge is 0.378 e. The summed E-state index contributed by atoms with van der Waals surface area (Å²) in [4.78, 5) is 14.2. The van der Waals surface area contributed by atoms with Gasteiger partial charge in [0.25, 0.3) is 0 Å². The van der Waals surface area contributed by atoms with Crippen LogP contribution in [0.25, 0.3) is 11.4 Å². The van der Waals surface area contributed by atoms with E-state index in [1.807, 2.05) is 43.3 Å². The Hall–Kier alpha value is -3.01. The van der Waals surface area contributed by atoms with Crippen molar-refractivity contribution in [2.24, 2.45) is 7.05 Å². The summed E-state index contributed by atoms with van der Waals surface area (Å²) in [5.41, 5.74) is 1.18. The Morgan fingerprint density at radius 1 is 1.13 bits per heavy atom. The third kappa shape index (κ3) is 5.12. The van der Waals surface area contributed by atoms with Crippen molar-refractivity contribution >= 4 is 29.0 Å². The highest BCUT2D eigenvalue weighted by Crippen LogP contribution is 2.31. The van der Waals surface area contributed by atoms with Gasteiger partial charge in [0.05, 0.1) is 11.3 Å². The number of nitrogens with zero attached hydrogens (tertiary/aromatic N) is 4. The number of aromatic nitrogens is 3. The summed E-state index contributed by atoms with van der Waals surface area (Å²) in [6.07, 6.45) is -4.46. The van der Waals surface area contributed by atoms with E-state index in [1.54, 1.807) is 11.6 Å². The molecular weight excluding hydrogens is 415 g/mol. The fraction of sp³-hybridized carbons (Fsp3) is 0.250. The van der Waals surface area contributed by atoms with Crippen LogP contribution >= 0.6 is 11.8 Å². The first-order valence-electron chi connectivity index (χ1n) is 8.92. The molecule has 3 rings (SSSR count). The molecule has 3 aromatic rings. The van der Waals surface area contributed by atoms with Crippen LogP contribution in [0.15, 0.2) is 53.7 Å². The Morgan fingerprint density at radius 3 is 2.57 bits per heavy atom. The molecule has 0 atom stereocenters. The van der Waals surface area contributed by atoms with Crippen molar-refractivity contribution in [1.29, 1.82) is 0 Å². The van der Waals surface area contributed by atoms with Gasteiger partial charge in [-0.05, 0) is 30.3 Å². The van der Waals surface area contributed by atoms with Crippen LogP contribution in [0.1, 0.15) is 5.56 Å². The molecule has 6 nitrogen and oxygen atoms in total. The van der Waals surface area contributed by atoms with E-state index in [-0.39, 0.29) is 11.4 Å². The van der Waals surface area contributed by atoms with E-state index < -0.39 is 17.6 Å². The first-order valence-corrected chi connectivity index (χ1v) is 9.91. The van der Waals surface area contributed by atoms with Crippen molar-refractivity contribution in [3.8, 4) is 11.4 Å². The fourth-order valence-electron chi connectivity index (χ4n) is 2.72. The number of nitrogens with one attached hydrogen (secondary N) is 1. The maximum absolute atomic E-state index is 12.8. The minimum absolute atomic E-state index is 0.0139. The molecule has 158 valence electrons. The van der Waals surface area contributed by atoms with Crippen molar-refractivity contribution in [2.45, 2.75) is 11.3 Å². The lowest BCUT2D eigenvalue weighted by Crippen LogP contribution is -2.15. The Balaban J connectivity index is 1.66. The average Bonchev–Trinajstić information content (AvgIpc) is 3.06. The zero-order valence-corrected chi connectivity index (χ0v) is 17.4. The number of alkyl halides is 3. The number of carbonyl (C=O) groups is 1. The van der Waals surface area contributed by atoms with E-state index >= 15 is 0 Å². The molecule has 0 saturated heterocycles. The maximum atomic E-state index is 12.8. The molecule has 0 aliphatic carbocycles. The van der Waals surface area contributed by atoms with E-state index in [0.717, 1.165) is 35.1 Å². The standard InChI is InChI=1S/C20H20F3N5OS/c1-27(2)16-9-4-6-13(10-16)18-25-26-19(28(18)3)30-12-17(29)24-15-8-5-7-14(11-15)20(21,22)23/h4-11H,12H2,1-3H3,(H,24,29). The molecule has 10 heteroatoms. The number of benzene rings is 2. The summed E-state index contributed by atoms with van der Waals surface area (Å²) in [7, 11) is 5.69. The topological polar surface area (TPSA) is 63.1 Å². The van der Waals surface area contributed by atoms with Crippen LogP contribution in [0.5, 0.6) is 0 Å². The van der Waals surface area contributed by atoms with Crippen molar-refractivity contribution in [3.05, 3.63) is 54.1 Å². The molecule has 1 amide bonds. The Kier molecular flexibility index (Phi) is 6.35. The van der Waals surface area contributed by atoms with E-state index in [0.29, 0.717) is 11.0 Å². The third-order valence-corrected chi connectivity index (χ3v) is 5.28. The maximum Gasteiger partial charge on any atom is 0.416 e. The van der Waals surface area contributed by atoms with E-state index in [2.05, 4.69) is 15.5 Å². The second-order valence-corrected chi connectivity index (χ2v) is 7.67. The second kappa shape index (κ2) is 8.78. The van der Waals surface area contributed by atoms with E-state index in [4.69, 9.17) is 0 Å². The Morgan fingerprint density at radius 2 is 1.87 bits per heavy atom. The van der Waals surface area contributed by atoms with Crippen LogP contribution in [0.4, 0.5) is 24.5 Å². The number of thioether (sulfide) groups is 1. The molecule has 0 radical (unpaired) electrons. The van der Waals surface area contributed by atoms with Gasteiger partial charge in [0.1, 0.15) is 0 Å². The van der Waals surface area contributed by atoms with E-state index in [1.165, 1.54) is 12.1 Å². The highest BCUT2D eigenvalue weighted by atomic mass is 32.2. The molecule has 1 aromatic heterocycles. The van der Waals surface area contributed by atoms with Gasteiger partial charge in [-0.25, -0.2) is 0 Å². The summed E-state index contributed by atoms with van der Waals surface area (Å²) in [6.45, 7) is 0. The van der Waals surface area contributed by atoms with Gasteiger partial charge in [-0.15, -0.1) is 10.2 Å². The van der Waals surface area contributed by atoms with Gasteiger partial charge in [-0.3, -0.25) is 4.79 Å². The van der Waals surface area contributed by atoms with Gasteiger partial charge in [-0.1, -0.05) is 30.0 Å². The van der Waals surface area contributed by atoms with Crippen LogP contribution < -0.4 is 10.2 Å². The summed E-state index contributed by atoms with van der Waals surface area (Å²) in [5.74, 6) is 0.206. The Bertz CT molecular complexity index is 1050. The van der Waals surface area contributed by atoms with Gasteiger partial charge in [0.15, 0.2) is 11.0 Å². The summed E-state index contributed by atoms with van der Waals surface area (Å²) < 4.78 is 40.2. The molecule has 2 aromatic carbocycles. The molecule has 1 N–H and O–H groups in total. The van der Waals surface area contributed by atoms with Crippen LogP contribution in [-0.4, -0.2) is 40.5 Å². The molecule has 0 unspecified atom stereocenters. The molecule has 0 saturated carbocycles. The minimum Gasteiger partial charge on any atom is -0.378 e. The highest BCUT2D eigenvalue weighted by molar-refractivity contribution is 7.99. The molecule has 0 bridgehead atoms. The number of hydrogen-bond donors (Lipinski definition) is 1. The van der Waals surface area contributed by atoms with Crippen molar-refractivity contribution < 1.29 is 18.0 Å². The summed E-state index contributed by atoms with van der Waals surface area (Å²) >= 11 is 1.15. The SMILES string of the molecule is CN(C)c1cccc(-c2nnc(SCC(=O)Nc3cccc(C(F)(F)F)c3)n2C)c1. The molecule has 0 spiro atoms. The summed E-state index contributed by atoms with van der Waals surface area (Å²) in [5, 5.41) is 11.3. The second-order valence-electron chi connectivity index (χ2n) is 6.73. The number of anilines is 2. The number of amides is 1. The molecule has 0 aliphatic heterocycles. The van der Waals surface area contributed by atoms with Crippen LogP contribution in [0.3, 0.4) is 0 Å². The first-order chi connectivity index (χ1) is 14.1. The minimum atomic E-state index is -4.46. The predicted octanol–water partition coefficient (Wildman–Crippen LogP) is 4.30. The zero-order valence-electron chi connectivity index (χ0n) is 16.6. The van der Waals surface area contributed by atoms with Gasteiger partial charge >= 0.3 is 6.18 Å². The predicted molar refractivity (Wildman–Crippen MR) is 112 cm³/mol. The molecule has 0 fully saturated rings. The van der Waals surface area contributed by atoms with Gasteiger partial charge < -0.3 is 14.8 Å². The quantitative estimate of drug-likeness (QED) is 0.585. The molecular formula is C20H20F3N5OS. The molecule has 30 heavy (non-hydrogen) atoms. The van der Waals surface area contributed by atoms with Crippen molar-refractivity contribution in [3.63, 3.8) is 0 Å². The monoisotopic (exact) mass is 435 g/mol. The van der Waals surface area contributed by atoms with Gasteiger partial charge in [-0.2, -0.15) is 13.2 Å². The average molecular weight is 435 g/mol. The lowest BCUT2D eigenvalue weighted by molar-refractivity contribution is -0.137. The number of rotatable bonds is 6. The lowest BCUT2D eigenvalue weighted by Gasteiger charge is -2.13. The molecule has 1 heterocycles. The van der Waals surface area contributed by atoms with Crippen LogP contribution in [0.2, 0.25) is 0 Å². The van der Waals surface area contributed by atoms with Crippen molar-refractivity contribution in [2.75, 3.05) is 30.1 Å². The largest absolute Gasteiger partial charge is 0.416 e. The molecule has 0 aliphatic rings. The lowest BCUT2D eigenvalue weighted by atomic mass is 10.2. The number of carbonyl (C=O) groups excluding carboxylic acids is 1. The van der Waals surface area contributed by atoms with Gasteiger partial charge in [0, 0.05) is 38.1 Å². The third-order valence-electron chi connectivity index (χ3n) is 4.26. The first kappa shape index (κ1) is 21.7. The van der Waals surface area contributed by atoms with Crippen LogP contribution in [-0.2, 0) is 18.0 Å². The Labute approximate surface area is 176 Å². The van der Waals surface area contributed by atoms with Crippen molar-refractivity contribution in [1.82, 2.24) is 14.8 Å². The zero-order chi connectivity index (χ0) is 21.9. The van der Waals surface area contributed by atoms with E-state index in [9.17, 15) is 18.0 Å². The normalized spacial score (nSPS) is 11.4. The summed E-state index contributed by atoms with van der Waals surface area (Å²) in [6, 6.07) is 12.3. The van der Waals surface area contributed by atoms with Gasteiger partial charge in [0.2, 0.25) is 5.91 Å². The highest BCUT2D eigenvalue weighted by Gasteiger charge is 2.30. The number of halogens is 3.